The smallest absolute Gasteiger partial charge is 0.222 e. The van der Waals surface area contributed by atoms with Crippen LogP contribution in [0, 0.1) is 0 Å². The molecule has 24 heavy (non-hydrogen) atoms. The summed E-state index contributed by atoms with van der Waals surface area (Å²) < 4.78 is 0. The minimum Gasteiger partial charge on any atom is -0.357 e. The van der Waals surface area contributed by atoms with Crippen LogP contribution in [0.3, 0.4) is 0 Å². The third kappa shape index (κ3) is 6.11. The zero-order valence-electron chi connectivity index (χ0n) is 14.8. The maximum Gasteiger partial charge on any atom is 0.222 e. The van der Waals surface area contributed by atoms with Gasteiger partial charge in [-0.3, -0.25) is 9.79 Å². The minimum atomic E-state index is 0.291. The van der Waals surface area contributed by atoms with Crippen molar-refractivity contribution >= 4 is 23.2 Å². The lowest BCUT2D eigenvalue weighted by atomic mass is 10.4. The Kier molecular flexibility index (Phi) is 8.01. The van der Waals surface area contributed by atoms with Gasteiger partial charge in [-0.2, -0.15) is 0 Å². The van der Waals surface area contributed by atoms with E-state index in [1.807, 2.05) is 11.1 Å². The molecule has 1 amide bonds. The highest BCUT2D eigenvalue weighted by molar-refractivity contribution is 7.11. The van der Waals surface area contributed by atoms with E-state index in [1.54, 1.807) is 11.3 Å². The Bertz CT molecular complexity index is 543. The highest BCUT2D eigenvalue weighted by Gasteiger charge is 2.18. The first kappa shape index (κ1) is 18.7. The van der Waals surface area contributed by atoms with E-state index < -0.39 is 0 Å². The summed E-state index contributed by atoms with van der Waals surface area (Å²) in [5.41, 5.74) is 0. The van der Waals surface area contributed by atoms with Crippen LogP contribution < -0.4 is 10.6 Å². The molecule has 0 unspecified atom stereocenters. The number of hydrogen-bond acceptors (Lipinski definition) is 4. The Morgan fingerprint density at radius 3 is 2.96 bits per heavy atom. The number of carbonyl (C=O) groups excluding carboxylic acids is 1. The highest BCUT2D eigenvalue weighted by Crippen LogP contribution is 2.13. The SMILES string of the molecule is CCNC(=NCCCN1CCCC1=O)NCCc1ncc(CC)s1. The fourth-order valence-electron chi connectivity index (χ4n) is 2.65. The Labute approximate surface area is 148 Å². The minimum absolute atomic E-state index is 0.291. The first-order valence-electron chi connectivity index (χ1n) is 8.96. The number of aliphatic imine (C=N–C) groups is 1. The van der Waals surface area contributed by atoms with Crippen LogP contribution in [0.4, 0.5) is 0 Å². The van der Waals surface area contributed by atoms with Crippen LogP contribution in [0.15, 0.2) is 11.2 Å². The molecule has 0 bridgehead atoms. The van der Waals surface area contributed by atoms with Gasteiger partial charge in [-0.1, -0.05) is 6.92 Å². The molecule has 0 aromatic carbocycles. The molecule has 1 saturated heterocycles. The maximum absolute atomic E-state index is 11.6. The summed E-state index contributed by atoms with van der Waals surface area (Å²) in [5.74, 6) is 1.14. The number of nitrogens with one attached hydrogen (secondary N) is 2. The van der Waals surface area contributed by atoms with Gasteiger partial charge in [-0.25, -0.2) is 4.98 Å². The topological polar surface area (TPSA) is 69.6 Å². The molecule has 2 heterocycles. The van der Waals surface area contributed by atoms with E-state index in [2.05, 4.69) is 34.5 Å². The molecule has 2 N–H and O–H groups in total. The van der Waals surface area contributed by atoms with Gasteiger partial charge in [-0.15, -0.1) is 11.3 Å². The van der Waals surface area contributed by atoms with Crippen LogP contribution in [-0.2, 0) is 17.6 Å². The molecule has 0 saturated carbocycles. The summed E-state index contributed by atoms with van der Waals surface area (Å²) in [7, 11) is 0. The van der Waals surface area contributed by atoms with Gasteiger partial charge in [0.25, 0.3) is 0 Å². The summed E-state index contributed by atoms with van der Waals surface area (Å²) in [6, 6.07) is 0. The van der Waals surface area contributed by atoms with E-state index in [9.17, 15) is 4.79 Å². The summed E-state index contributed by atoms with van der Waals surface area (Å²) >= 11 is 1.78. The maximum atomic E-state index is 11.6. The van der Waals surface area contributed by atoms with Gasteiger partial charge >= 0.3 is 0 Å². The van der Waals surface area contributed by atoms with Gasteiger partial charge in [0.1, 0.15) is 0 Å². The zero-order chi connectivity index (χ0) is 17.2. The van der Waals surface area contributed by atoms with Gasteiger partial charge in [0.05, 0.1) is 5.01 Å². The van der Waals surface area contributed by atoms with Gasteiger partial charge in [0, 0.05) is 56.6 Å². The normalized spacial score (nSPS) is 15.2. The van der Waals surface area contributed by atoms with Crippen LogP contribution in [0.2, 0.25) is 0 Å². The van der Waals surface area contributed by atoms with E-state index in [0.717, 1.165) is 64.4 Å². The summed E-state index contributed by atoms with van der Waals surface area (Å²) in [5, 5.41) is 7.79. The van der Waals surface area contributed by atoms with Crippen molar-refractivity contribution < 1.29 is 4.79 Å². The molecule has 0 spiro atoms. The lowest BCUT2D eigenvalue weighted by Crippen LogP contribution is -2.38. The second kappa shape index (κ2) is 10.3. The van der Waals surface area contributed by atoms with Gasteiger partial charge in [-0.05, 0) is 26.2 Å². The van der Waals surface area contributed by atoms with Crippen molar-refractivity contribution in [2.75, 3.05) is 32.7 Å². The second-order valence-electron chi connectivity index (χ2n) is 5.85. The molecule has 6 nitrogen and oxygen atoms in total. The fourth-order valence-corrected chi connectivity index (χ4v) is 3.51. The molecule has 7 heteroatoms. The number of carbonyl (C=O) groups is 1. The molecule has 1 aliphatic rings. The Hall–Kier alpha value is -1.63. The third-order valence-electron chi connectivity index (χ3n) is 3.95. The molecule has 0 aliphatic carbocycles. The van der Waals surface area contributed by atoms with E-state index in [0.29, 0.717) is 12.3 Å². The quantitative estimate of drug-likeness (QED) is 0.404. The van der Waals surface area contributed by atoms with E-state index >= 15 is 0 Å². The third-order valence-corrected chi connectivity index (χ3v) is 5.15. The van der Waals surface area contributed by atoms with Crippen molar-refractivity contribution in [2.24, 2.45) is 4.99 Å². The van der Waals surface area contributed by atoms with E-state index in [1.165, 1.54) is 9.88 Å². The largest absolute Gasteiger partial charge is 0.357 e. The van der Waals surface area contributed by atoms with Crippen molar-refractivity contribution in [2.45, 2.75) is 46.0 Å². The van der Waals surface area contributed by atoms with E-state index in [4.69, 9.17) is 0 Å². The van der Waals surface area contributed by atoms with Crippen molar-refractivity contribution in [1.29, 1.82) is 0 Å². The average Bonchev–Trinajstić information content (AvgIpc) is 3.20. The highest BCUT2D eigenvalue weighted by atomic mass is 32.1. The Morgan fingerprint density at radius 2 is 2.29 bits per heavy atom. The first-order chi connectivity index (χ1) is 11.7. The number of aryl methyl sites for hydroxylation is 1. The predicted molar refractivity (Wildman–Crippen MR) is 99.6 cm³/mol. The van der Waals surface area contributed by atoms with Gasteiger partial charge in [0.2, 0.25) is 5.91 Å². The van der Waals surface area contributed by atoms with Crippen LogP contribution in [0.5, 0.6) is 0 Å². The Balaban J connectivity index is 1.68. The molecule has 1 aromatic heterocycles. The molecular weight excluding hydrogens is 322 g/mol. The average molecular weight is 352 g/mol. The predicted octanol–water partition coefficient (Wildman–Crippen LogP) is 1.82. The van der Waals surface area contributed by atoms with Gasteiger partial charge in [0.15, 0.2) is 5.96 Å². The lowest BCUT2D eigenvalue weighted by molar-refractivity contribution is -0.127. The number of hydrogen-bond donors (Lipinski definition) is 2. The van der Waals surface area contributed by atoms with Crippen molar-refractivity contribution in [1.82, 2.24) is 20.5 Å². The molecule has 2 rings (SSSR count). The molecule has 1 aliphatic heterocycles. The van der Waals surface area contributed by atoms with Crippen molar-refractivity contribution in [3.8, 4) is 0 Å². The van der Waals surface area contributed by atoms with Crippen LogP contribution in [0.1, 0.15) is 43.0 Å². The van der Waals surface area contributed by atoms with Gasteiger partial charge < -0.3 is 15.5 Å². The van der Waals surface area contributed by atoms with Crippen LogP contribution in [-0.4, -0.2) is 54.5 Å². The first-order valence-corrected chi connectivity index (χ1v) is 9.78. The number of likely N-dealkylation sites (tertiary alicyclic amines) is 1. The van der Waals surface area contributed by atoms with E-state index in [-0.39, 0.29) is 0 Å². The monoisotopic (exact) mass is 351 g/mol. The molecule has 0 atom stereocenters. The molecule has 1 aromatic rings. The Morgan fingerprint density at radius 1 is 1.42 bits per heavy atom. The summed E-state index contributed by atoms with van der Waals surface area (Å²) in [6.07, 6.45) is 6.56. The zero-order valence-corrected chi connectivity index (χ0v) is 15.6. The van der Waals surface area contributed by atoms with Crippen molar-refractivity contribution in [3.05, 3.63) is 16.1 Å². The molecular formula is C17H29N5OS. The standard InChI is InChI=1S/C17H29N5OS/c1-3-14-13-21-15(24-14)8-10-20-17(18-4-2)19-9-6-12-22-11-5-7-16(22)23/h13H,3-12H2,1-2H3,(H2,18,19,20). The molecule has 134 valence electrons. The summed E-state index contributed by atoms with van der Waals surface area (Å²) in [6.45, 7) is 8.35. The second-order valence-corrected chi connectivity index (χ2v) is 7.05. The molecule has 1 fully saturated rings. The van der Waals surface area contributed by atoms with Crippen LogP contribution in [0.25, 0.3) is 0 Å². The number of aromatic nitrogens is 1. The number of rotatable bonds is 9. The number of amides is 1. The van der Waals surface area contributed by atoms with Crippen molar-refractivity contribution in [3.63, 3.8) is 0 Å². The molecule has 0 radical (unpaired) electrons. The number of thiazole rings is 1. The number of guanidine groups is 1. The summed E-state index contributed by atoms with van der Waals surface area (Å²) in [4.78, 5) is 23.9. The van der Waals surface area contributed by atoms with Crippen LogP contribution >= 0.6 is 11.3 Å². The fraction of sp³-hybridized carbons (Fsp3) is 0.706. The lowest BCUT2D eigenvalue weighted by Gasteiger charge is -2.15. The number of nitrogens with zero attached hydrogens (tertiary/aromatic N) is 3.